The summed E-state index contributed by atoms with van der Waals surface area (Å²) in [5.74, 6) is 0. The van der Waals surface area contributed by atoms with Crippen molar-refractivity contribution in [3.05, 3.63) is 18.5 Å². The zero-order valence-electron chi connectivity index (χ0n) is 13.1. The minimum Gasteiger partial charge on any atom is -0.384 e. The minimum atomic E-state index is -3.54. The van der Waals surface area contributed by atoms with Crippen LogP contribution >= 0.6 is 0 Å². The van der Waals surface area contributed by atoms with E-state index in [1.54, 1.807) is 12.3 Å². The predicted octanol–water partition coefficient (Wildman–Crippen LogP) is 1.52. The second kappa shape index (κ2) is 8.96. The Morgan fingerprint density at radius 3 is 2.52 bits per heavy atom. The van der Waals surface area contributed by atoms with Crippen LogP contribution < -0.4 is 10.0 Å². The number of nitrogens with one attached hydrogen (secondary N) is 2. The summed E-state index contributed by atoms with van der Waals surface area (Å²) in [6.45, 7) is 9.80. The summed E-state index contributed by atoms with van der Waals surface area (Å²) in [7, 11) is -3.54. The molecule has 0 saturated carbocycles. The molecule has 0 unspecified atom stereocenters. The number of hydrogen-bond donors (Lipinski definition) is 2. The smallest absolute Gasteiger partial charge is 0.244 e. The number of pyridine rings is 1. The lowest BCUT2D eigenvalue weighted by atomic mass is 10.4. The van der Waals surface area contributed by atoms with Crippen LogP contribution in [0.2, 0.25) is 0 Å². The van der Waals surface area contributed by atoms with Gasteiger partial charge in [-0.05, 0) is 25.6 Å². The lowest BCUT2D eigenvalue weighted by Crippen LogP contribution is -2.35. The molecule has 0 aliphatic rings. The maximum Gasteiger partial charge on any atom is 0.244 e. The van der Waals surface area contributed by atoms with Gasteiger partial charge in [0, 0.05) is 32.0 Å². The van der Waals surface area contributed by atoms with E-state index in [4.69, 9.17) is 0 Å². The van der Waals surface area contributed by atoms with Gasteiger partial charge in [-0.2, -0.15) is 0 Å². The molecule has 0 radical (unpaired) electrons. The van der Waals surface area contributed by atoms with Gasteiger partial charge in [-0.25, -0.2) is 13.1 Å². The third-order valence-electron chi connectivity index (χ3n) is 3.25. The lowest BCUT2D eigenvalue weighted by Gasteiger charge is -2.18. The Labute approximate surface area is 128 Å². The highest BCUT2D eigenvalue weighted by Gasteiger charge is 2.18. The van der Waals surface area contributed by atoms with E-state index in [1.807, 2.05) is 6.92 Å². The molecule has 21 heavy (non-hydrogen) atoms. The summed E-state index contributed by atoms with van der Waals surface area (Å²) < 4.78 is 27.4. The second-order valence-electron chi connectivity index (χ2n) is 4.72. The van der Waals surface area contributed by atoms with Gasteiger partial charge in [0.2, 0.25) is 10.0 Å². The molecule has 0 bridgehead atoms. The highest BCUT2D eigenvalue weighted by molar-refractivity contribution is 7.89. The number of hydrogen-bond acceptors (Lipinski definition) is 5. The van der Waals surface area contributed by atoms with Crippen LogP contribution in [0.4, 0.5) is 5.69 Å². The van der Waals surface area contributed by atoms with Crippen molar-refractivity contribution in [1.29, 1.82) is 0 Å². The monoisotopic (exact) mass is 314 g/mol. The van der Waals surface area contributed by atoms with Gasteiger partial charge in [0.1, 0.15) is 4.90 Å². The van der Waals surface area contributed by atoms with E-state index < -0.39 is 10.0 Å². The van der Waals surface area contributed by atoms with Crippen molar-refractivity contribution in [3.63, 3.8) is 0 Å². The average molecular weight is 314 g/mol. The third kappa shape index (κ3) is 5.61. The number of rotatable bonds is 10. The molecule has 0 atom stereocenters. The topological polar surface area (TPSA) is 74.3 Å². The lowest BCUT2D eigenvalue weighted by molar-refractivity contribution is 0.309. The first kappa shape index (κ1) is 17.9. The van der Waals surface area contributed by atoms with Crippen molar-refractivity contribution in [3.8, 4) is 0 Å². The molecule has 0 aliphatic carbocycles. The highest BCUT2D eigenvalue weighted by atomic mass is 32.2. The Hall–Kier alpha value is -1.18. The summed E-state index contributed by atoms with van der Waals surface area (Å²) in [5, 5.41) is 3.12. The number of aromatic nitrogens is 1. The molecular weight excluding hydrogens is 288 g/mol. The van der Waals surface area contributed by atoms with E-state index in [0.29, 0.717) is 18.8 Å². The first-order valence-electron chi connectivity index (χ1n) is 7.45. The Balaban J connectivity index is 2.74. The van der Waals surface area contributed by atoms with Crippen LogP contribution in [0, 0.1) is 0 Å². The largest absolute Gasteiger partial charge is 0.384 e. The van der Waals surface area contributed by atoms with Crippen molar-refractivity contribution in [2.45, 2.75) is 32.1 Å². The van der Waals surface area contributed by atoms with Crippen LogP contribution in [0.3, 0.4) is 0 Å². The van der Waals surface area contributed by atoms with Crippen molar-refractivity contribution < 1.29 is 8.42 Å². The van der Waals surface area contributed by atoms with Crippen LogP contribution in [0.1, 0.15) is 27.2 Å². The fourth-order valence-electron chi connectivity index (χ4n) is 1.96. The molecule has 0 fully saturated rings. The van der Waals surface area contributed by atoms with Crippen LogP contribution in [0.25, 0.3) is 0 Å². The second-order valence-corrected chi connectivity index (χ2v) is 6.46. The number of likely N-dealkylation sites (N-methyl/N-ethyl adjacent to an activating group) is 1. The maximum atomic E-state index is 12.4. The van der Waals surface area contributed by atoms with Crippen molar-refractivity contribution >= 4 is 15.7 Å². The van der Waals surface area contributed by atoms with Crippen LogP contribution in [0.5, 0.6) is 0 Å². The summed E-state index contributed by atoms with van der Waals surface area (Å²) in [4.78, 5) is 6.30. The van der Waals surface area contributed by atoms with Crippen molar-refractivity contribution in [1.82, 2.24) is 14.6 Å². The van der Waals surface area contributed by atoms with Gasteiger partial charge in [0.15, 0.2) is 0 Å². The minimum absolute atomic E-state index is 0.206. The molecule has 1 aromatic heterocycles. The summed E-state index contributed by atoms with van der Waals surface area (Å²) >= 11 is 0. The molecular formula is C14H26N4O2S. The summed E-state index contributed by atoms with van der Waals surface area (Å²) in [5.41, 5.74) is 0.599. The van der Waals surface area contributed by atoms with Gasteiger partial charge in [-0.1, -0.05) is 20.8 Å². The molecule has 6 nitrogen and oxygen atoms in total. The van der Waals surface area contributed by atoms with Crippen molar-refractivity contribution in [2.75, 3.05) is 38.0 Å². The highest BCUT2D eigenvalue weighted by Crippen LogP contribution is 2.19. The number of nitrogens with zero attached hydrogens (tertiary/aromatic N) is 2. The quantitative estimate of drug-likeness (QED) is 0.685. The van der Waals surface area contributed by atoms with Crippen LogP contribution in [-0.2, 0) is 10.0 Å². The van der Waals surface area contributed by atoms with E-state index in [1.165, 1.54) is 6.20 Å². The molecule has 1 heterocycles. The first-order chi connectivity index (χ1) is 10.0. The zero-order chi connectivity index (χ0) is 15.7. The number of anilines is 1. The predicted molar refractivity (Wildman–Crippen MR) is 86.0 cm³/mol. The number of sulfonamides is 1. The van der Waals surface area contributed by atoms with Gasteiger partial charge < -0.3 is 10.2 Å². The van der Waals surface area contributed by atoms with E-state index in [-0.39, 0.29) is 4.90 Å². The fourth-order valence-corrected chi connectivity index (χ4v) is 3.10. The average Bonchev–Trinajstić information content (AvgIpc) is 2.49. The Morgan fingerprint density at radius 2 is 1.90 bits per heavy atom. The van der Waals surface area contributed by atoms with Crippen molar-refractivity contribution in [2.24, 2.45) is 0 Å². The summed E-state index contributed by atoms with van der Waals surface area (Å²) in [6.07, 6.45) is 3.90. The Kier molecular flexibility index (Phi) is 7.63. The van der Waals surface area contributed by atoms with Crippen LogP contribution in [-0.4, -0.2) is 51.0 Å². The Morgan fingerprint density at radius 1 is 1.19 bits per heavy atom. The molecule has 0 aromatic carbocycles. The molecule has 0 aliphatic heterocycles. The van der Waals surface area contributed by atoms with Gasteiger partial charge >= 0.3 is 0 Å². The molecule has 0 spiro atoms. The SMILES string of the molecule is CCCNc1ccncc1S(=O)(=O)NCCN(CC)CC. The first-order valence-corrected chi connectivity index (χ1v) is 8.93. The van der Waals surface area contributed by atoms with Gasteiger partial charge in [0.05, 0.1) is 5.69 Å². The van der Waals surface area contributed by atoms with E-state index in [2.05, 4.69) is 33.8 Å². The zero-order valence-corrected chi connectivity index (χ0v) is 13.9. The van der Waals surface area contributed by atoms with Gasteiger partial charge in [-0.15, -0.1) is 0 Å². The van der Waals surface area contributed by atoms with E-state index in [0.717, 1.165) is 26.1 Å². The van der Waals surface area contributed by atoms with Gasteiger partial charge in [-0.3, -0.25) is 4.98 Å². The Bertz CT molecular complexity index is 515. The molecule has 0 saturated heterocycles. The molecule has 1 rings (SSSR count). The summed E-state index contributed by atoms with van der Waals surface area (Å²) in [6, 6.07) is 1.69. The molecule has 7 heteroatoms. The van der Waals surface area contributed by atoms with E-state index in [9.17, 15) is 8.42 Å². The van der Waals surface area contributed by atoms with Gasteiger partial charge in [0.25, 0.3) is 0 Å². The molecule has 2 N–H and O–H groups in total. The molecule has 1 aromatic rings. The fraction of sp³-hybridized carbons (Fsp3) is 0.643. The van der Waals surface area contributed by atoms with Crippen LogP contribution in [0.15, 0.2) is 23.4 Å². The molecule has 0 amide bonds. The third-order valence-corrected chi connectivity index (χ3v) is 4.74. The maximum absolute atomic E-state index is 12.4. The standard InChI is InChI=1S/C14H26N4O2S/c1-4-8-16-13-7-9-15-12-14(13)21(19,20)17-10-11-18(5-2)6-3/h7,9,12,17H,4-6,8,10-11H2,1-3H3,(H,15,16). The molecule has 120 valence electrons. The normalized spacial score (nSPS) is 11.8. The van der Waals surface area contributed by atoms with E-state index >= 15 is 0 Å².